The minimum atomic E-state index is -0.410. The summed E-state index contributed by atoms with van der Waals surface area (Å²) in [6.45, 7) is 0. The van der Waals surface area contributed by atoms with Crippen molar-refractivity contribution in [3.05, 3.63) is 90.2 Å². The molecular formula is C20H16FN3O2. The lowest BCUT2D eigenvalue weighted by Gasteiger charge is -2.09. The summed E-state index contributed by atoms with van der Waals surface area (Å²) in [4.78, 5) is 24.3. The molecule has 0 aliphatic rings. The molecule has 0 atom stereocenters. The van der Waals surface area contributed by atoms with Gasteiger partial charge in [-0.05, 0) is 54.6 Å². The number of carbonyl (C=O) groups is 2. The van der Waals surface area contributed by atoms with Crippen LogP contribution in [0.4, 0.5) is 26.2 Å². The lowest BCUT2D eigenvalue weighted by atomic mass is 10.2. The molecule has 3 aromatic rings. The van der Waals surface area contributed by atoms with E-state index in [1.54, 1.807) is 36.4 Å². The molecule has 0 saturated carbocycles. The highest BCUT2D eigenvalue weighted by Gasteiger charge is 2.09. The zero-order valence-corrected chi connectivity index (χ0v) is 13.7. The van der Waals surface area contributed by atoms with Crippen molar-refractivity contribution in [1.82, 2.24) is 0 Å². The van der Waals surface area contributed by atoms with Gasteiger partial charge in [-0.1, -0.05) is 24.3 Å². The molecule has 5 nitrogen and oxygen atoms in total. The van der Waals surface area contributed by atoms with Gasteiger partial charge >= 0.3 is 6.03 Å². The first-order valence-corrected chi connectivity index (χ1v) is 7.90. The number of carbonyl (C=O) groups excluding carboxylic acids is 2. The fourth-order valence-electron chi connectivity index (χ4n) is 2.29. The van der Waals surface area contributed by atoms with Crippen molar-refractivity contribution in [3.63, 3.8) is 0 Å². The third-order valence-electron chi connectivity index (χ3n) is 3.52. The minimum absolute atomic E-state index is 0.358. The van der Waals surface area contributed by atoms with Crippen LogP contribution >= 0.6 is 0 Å². The zero-order valence-electron chi connectivity index (χ0n) is 13.7. The first-order chi connectivity index (χ1) is 12.6. The Labute approximate surface area is 149 Å². The van der Waals surface area contributed by atoms with E-state index < -0.39 is 6.03 Å². The number of para-hydroxylation sites is 1. The van der Waals surface area contributed by atoms with E-state index >= 15 is 0 Å². The topological polar surface area (TPSA) is 70.2 Å². The van der Waals surface area contributed by atoms with Gasteiger partial charge < -0.3 is 16.0 Å². The molecule has 6 heteroatoms. The molecule has 0 aromatic heterocycles. The molecule has 130 valence electrons. The molecule has 3 rings (SSSR count). The van der Waals surface area contributed by atoms with Crippen LogP contribution in [0.25, 0.3) is 0 Å². The molecule has 0 bridgehead atoms. The van der Waals surface area contributed by atoms with Crippen LogP contribution in [0.3, 0.4) is 0 Å². The molecule has 0 aliphatic carbocycles. The van der Waals surface area contributed by atoms with Crippen molar-refractivity contribution in [2.24, 2.45) is 0 Å². The Morgan fingerprint density at radius 2 is 1.27 bits per heavy atom. The van der Waals surface area contributed by atoms with Crippen molar-refractivity contribution in [2.75, 3.05) is 16.0 Å². The predicted octanol–water partition coefficient (Wildman–Crippen LogP) is 4.72. The standard InChI is InChI=1S/C20H16FN3O2/c21-15-9-11-17(12-10-15)22-19(25)14-5-4-8-18(13-14)24-20(26)23-16-6-2-1-3-7-16/h1-13H,(H,22,25)(H2,23,24,26). The summed E-state index contributed by atoms with van der Waals surface area (Å²) in [7, 11) is 0. The van der Waals surface area contributed by atoms with Crippen LogP contribution < -0.4 is 16.0 Å². The second kappa shape index (κ2) is 7.94. The van der Waals surface area contributed by atoms with E-state index in [0.29, 0.717) is 22.6 Å². The maximum absolute atomic E-state index is 12.9. The first kappa shape index (κ1) is 17.2. The monoisotopic (exact) mass is 349 g/mol. The number of benzene rings is 3. The van der Waals surface area contributed by atoms with Crippen LogP contribution in [0.2, 0.25) is 0 Å². The lowest BCUT2D eigenvalue weighted by Crippen LogP contribution is -2.20. The normalized spacial score (nSPS) is 10.0. The van der Waals surface area contributed by atoms with Crippen molar-refractivity contribution < 1.29 is 14.0 Å². The Bertz CT molecular complexity index is 912. The van der Waals surface area contributed by atoms with Gasteiger partial charge in [0.25, 0.3) is 5.91 Å². The van der Waals surface area contributed by atoms with Gasteiger partial charge in [-0.3, -0.25) is 4.79 Å². The second-order valence-electron chi connectivity index (χ2n) is 5.49. The number of nitrogens with one attached hydrogen (secondary N) is 3. The molecule has 3 aromatic carbocycles. The molecule has 0 heterocycles. The number of hydrogen-bond acceptors (Lipinski definition) is 2. The van der Waals surface area contributed by atoms with Crippen molar-refractivity contribution in [1.29, 1.82) is 0 Å². The van der Waals surface area contributed by atoms with Crippen LogP contribution in [0.5, 0.6) is 0 Å². The Morgan fingerprint density at radius 1 is 0.654 bits per heavy atom. The van der Waals surface area contributed by atoms with Gasteiger partial charge in [-0.25, -0.2) is 9.18 Å². The fraction of sp³-hybridized carbons (Fsp3) is 0. The number of amides is 3. The molecule has 0 aliphatic heterocycles. The van der Waals surface area contributed by atoms with E-state index in [2.05, 4.69) is 16.0 Å². The Balaban J connectivity index is 1.64. The quantitative estimate of drug-likeness (QED) is 0.638. The number of anilines is 3. The highest BCUT2D eigenvalue weighted by Crippen LogP contribution is 2.15. The number of urea groups is 1. The van der Waals surface area contributed by atoms with Gasteiger partial charge in [-0.15, -0.1) is 0 Å². The molecule has 0 saturated heterocycles. The van der Waals surface area contributed by atoms with Crippen LogP contribution in [-0.4, -0.2) is 11.9 Å². The molecule has 3 N–H and O–H groups in total. The summed E-state index contributed by atoms with van der Waals surface area (Å²) in [5, 5.41) is 8.05. The third kappa shape index (κ3) is 4.67. The highest BCUT2D eigenvalue weighted by atomic mass is 19.1. The molecule has 0 radical (unpaired) electrons. The first-order valence-electron chi connectivity index (χ1n) is 7.90. The molecule has 0 unspecified atom stereocenters. The van der Waals surface area contributed by atoms with Gasteiger partial charge in [0.05, 0.1) is 0 Å². The van der Waals surface area contributed by atoms with E-state index in [1.807, 2.05) is 18.2 Å². The maximum Gasteiger partial charge on any atom is 0.323 e. The fourth-order valence-corrected chi connectivity index (χ4v) is 2.29. The van der Waals surface area contributed by atoms with Gasteiger partial charge in [0, 0.05) is 22.6 Å². The summed E-state index contributed by atoms with van der Waals surface area (Å²) in [5.41, 5.74) is 1.99. The predicted molar refractivity (Wildman–Crippen MR) is 99.9 cm³/mol. The van der Waals surface area contributed by atoms with Gasteiger partial charge in [0.15, 0.2) is 0 Å². The molecule has 0 fully saturated rings. The van der Waals surface area contributed by atoms with Gasteiger partial charge in [-0.2, -0.15) is 0 Å². The summed E-state index contributed by atoms with van der Waals surface area (Å²) in [6.07, 6.45) is 0. The summed E-state index contributed by atoms with van der Waals surface area (Å²) in [6, 6.07) is 20.6. The van der Waals surface area contributed by atoms with Crippen molar-refractivity contribution >= 4 is 29.0 Å². The maximum atomic E-state index is 12.9. The Kier molecular flexibility index (Phi) is 5.24. The number of hydrogen-bond donors (Lipinski definition) is 3. The highest BCUT2D eigenvalue weighted by molar-refractivity contribution is 6.06. The molecule has 0 spiro atoms. The lowest BCUT2D eigenvalue weighted by molar-refractivity contribution is 0.102. The largest absolute Gasteiger partial charge is 0.323 e. The van der Waals surface area contributed by atoms with E-state index in [9.17, 15) is 14.0 Å². The van der Waals surface area contributed by atoms with Crippen LogP contribution in [-0.2, 0) is 0 Å². The minimum Gasteiger partial charge on any atom is -0.322 e. The Hall–Kier alpha value is -3.67. The average Bonchev–Trinajstić information content (AvgIpc) is 2.64. The summed E-state index contributed by atoms with van der Waals surface area (Å²) in [5.74, 6) is -0.734. The van der Waals surface area contributed by atoms with E-state index in [4.69, 9.17) is 0 Å². The van der Waals surface area contributed by atoms with E-state index in [1.165, 1.54) is 24.3 Å². The number of halogens is 1. The van der Waals surface area contributed by atoms with Gasteiger partial charge in [0.1, 0.15) is 5.82 Å². The van der Waals surface area contributed by atoms with Gasteiger partial charge in [0.2, 0.25) is 0 Å². The van der Waals surface area contributed by atoms with Crippen molar-refractivity contribution in [3.8, 4) is 0 Å². The average molecular weight is 349 g/mol. The summed E-state index contributed by atoms with van der Waals surface area (Å²) < 4.78 is 12.9. The summed E-state index contributed by atoms with van der Waals surface area (Å²) >= 11 is 0. The zero-order chi connectivity index (χ0) is 18.4. The van der Waals surface area contributed by atoms with Crippen molar-refractivity contribution in [2.45, 2.75) is 0 Å². The third-order valence-corrected chi connectivity index (χ3v) is 3.52. The van der Waals surface area contributed by atoms with E-state index in [-0.39, 0.29) is 11.7 Å². The van der Waals surface area contributed by atoms with Crippen LogP contribution in [0.15, 0.2) is 78.9 Å². The number of rotatable bonds is 4. The van der Waals surface area contributed by atoms with Crippen LogP contribution in [0.1, 0.15) is 10.4 Å². The molecular weight excluding hydrogens is 333 g/mol. The molecule has 3 amide bonds. The second-order valence-corrected chi connectivity index (χ2v) is 5.49. The SMILES string of the molecule is O=C(Nc1ccccc1)Nc1cccc(C(=O)Nc2ccc(F)cc2)c1. The van der Waals surface area contributed by atoms with Crippen LogP contribution in [0, 0.1) is 5.82 Å². The smallest absolute Gasteiger partial charge is 0.322 e. The van der Waals surface area contributed by atoms with E-state index in [0.717, 1.165) is 0 Å². The molecule has 26 heavy (non-hydrogen) atoms. The Morgan fingerprint density at radius 3 is 2.00 bits per heavy atom.